The van der Waals surface area contributed by atoms with E-state index in [0.717, 1.165) is 88.1 Å². The Balaban J connectivity index is 1.35. The average Bonchev–Trinajstić information content (AvgIpc) is 3.79. The second kappa shape index (κ2) is 9.71. The molecule has 0 aliphatic heterocycles. The fourth-order valence-corrected chi connectivity index (χ4v) is 7.63. The third-order valence-corrected chi connectivity index (χ3v) is 9.57. The van der Waals surface area contributed by atoms with E-state index < -0.39 is 0 Å². The summed E-state index contributed by atoms with van der Waals surface area (Å²) in [5, 5.41) is 17.4. The van der Waals surface area contributed by atoms with Crippen LogP contribution in [0.2, 0.25) is 0 Å². The SMILES string of the molecule is N#Cc1cccc(-c2ccccc2-n2c3ccccc3c3ccc4c5ccccc5oc4c32)c1-n1c2ccccc2c2ccccc21. The molecule has 0 spiro atoms. The van der Waals surface area contributed by atoms with E-state index in [-0.39, 0.29) is 0 Å². The number of nitriles is 1. The van der Waals surface area contributed by atoms with Gasteiger partial charge in [0.1, 0.15) is 11.7 Å². The lowest BCUT2D eigenvalue weighted by atomic mass is 9.98. The van der Waals surface area contributed by atoms with Gasteiger partial charge in [-0.25, -0.2) is 0 Å². The molecule has 0 radical (unpaired) electrons. The maximum atomic E-state index is 10.6. The molecule has 218 valence electrons. The number of rotatable bonds is 3. The lowest BCUT2D eigenvalue weighted by Crippen LogP contribution is -2.03. The van der Waals surface area contributed by atoms with E-state index >= 15 is 0 Å². The van der Waals surface area contributed by atoms with Gasteiger partial charge in [0.2, 0.25) is 0 Å². The van der Waals surface area contributed by atoms with Crippen molar-refractivity contribution in [2.45, 2.75) is 0 Å². The third kappa shape index (κ3) is 3.51. The number of aromatic nitrogens is 2. The predicted molar refractivity (Wildman–Crippen MR) is 193 cm³/mol. The van der Waals surface area contributed by atoms with Gasteiger partial charge >= 0.3 is 0 Å². The summed E-state index contributed by atoms with van der Waals surface area (Å²) in [7, 11) is 0. The highest BCUT2D eigenvalue weighted by Gasteiger charge is 2.23. The number of hydrogen-bond donors (Lipinski definition) is 0. The van der Waals surface area contributed by atoms with Crippen LogP contribution in [0.15, 0.2) is 156 Å². The molecule has 3 aromatic heterocycles. The van der Waals surface area contributed by atoms with Crippen molar-refractivity contribution in [3.05, 3.63) is 157 Å². The van der Waals surface area contributed by atoms with E-state index in [1.165, 1.54) is 0 Å². The molecule has 4 heteroatoms. The summed E-state index contributed by atoms with van der Waals surface area (Å²) in [6.07, 6.45) is 0. The van der Waals surface area contributed by atoms with Gasteiger partial charge in [0.25, 0.3) is 0 Å². The van der Waals surface area contributed by atoms with Gasteiger partial charge in [-0.15, -0.1) is 0 Å². The van der Waals surface area contributed by atoms with Crippen LogP contribution in [0.5, 0.6) is 0 Å². The Morgan fingerprint density at radius 3 is 1.72 bits per heavy atom. The van der Waals surface area contributed by atoms with E-state index in [2.05, 4.69) is 143 Å². The Kier molecular flexibility index (Phi) is 5.32. The van der Waals surface area contributed by atoms with E-state index in [9.17, 15) is 5.26 Å². The van der Waals surface area contributed by atoms with Crippen LogP contribution >= 0.6 is 0 Å². The quantitative estimate of drug-likeness (QED) is 0.203. The summed E-state index contributed by atoms with van der Waals surface area (Å²) >= 11 is 0. The highest BCUT2D eigenvalue weighted by atomic mass is 16.3. The van der Waals surface area contributed by atoms with Crippen LogP contribution in [0.1, 0.15) is 5.56 Å². The highest BCUT2D eigenvalue weighted by molar-refractivity contribution is 6.21. The minimum atomic E-state index is 0.616. The molecule has 47 heavy (non-hydrogen) atoms. The minimum absolute atomic E-state index is 0.616. The second-order valence-corrected chi connectivity index (χ2v) is 12.0. The molecule has 0 aliphatic rings. The third-order valence-electron chi connectivity index (χ3n) is 9.57. The van der Waals surface area contributed by atoms with Crippen LogP contribution < -0.4 is 0 Å². The van der Waals surface area contributed by atoms with Gasteiger partial charge in [0, 0.05) is 43.4 Å². The normalized spacial score (nSPS) is 11.8. The standard InChI is InChI=1S/C43H25N3O/c44-26-27-12-11-18-33(41(27)45-36-19-6-1-13-28(36)29-14-2-7-20-37(29)45)30-15-3-8-21-38(30)46-39-22-9-4-16-31(39)34-24-25-35-32-17-5-10-23-40(32)47-43(35)42(34)46/h1-25H. The molecule has 7 aromatic carbocycles. The van der Waals surface area contributed by atoms with Crippen molar-refractivity contribution in [2.24, 2.45) is 0 Å². The molecule has 0 aliphatic carbocycles. The molecule has 4 nitrogen and oxygen atoms in total. The fourth-order valence-electron chi connectivity index (χ4n) is 7.63. The van der Waals surface area contributed by atoms with Gasteiger partial charge in [-0.2, -0.15) is 5.26 Å². The summed E-state index contributed by atoms with van der Waals surface area (Å²) in [6.45, 7) is 0. The van der Waals surface area contributed by atoms with Gasteiger partial charge in [-0.3, -0.25) is 0 Å². The van der Waals surface area contributed by atoms with E-state index in [1.807, 2.05) is 24.3 Å². The van der Waals surface area contributed by atoms with Gasteiger partial charge in [-0.05, 0) is 42.5 Å². The maximum absolute atomic E-state index is 10.6. The molecule has 3 heterocycles. The number of nitrogens with zero attached hydrogens (tertiary/aromatic N) is 3. The van der Waals surface area contributed by atoms with Crippen LogP contribution in [0.3, 0.4) is 0 Å². The molecule has 0 atom stereocenters. The number of hydrogen-bond acceptors (Lipinski definition) is 2. The first-order valence-electron chi connectivity index (χ1n) is 15.8. The second-order valence-electron chi connectivity index (χ2n) is 12.0. The molecular formula is C43H25N3O. The Morgan fingerprint density at radius 1 is 0.447 bits per heavy atom. The summed E-state index contributed by atoms with van der Waals surface area (Å²) < 4.78 is 11.3. The zero-order valence-electron chi connectivity index (χ0n) is 25.2. The molecule has 0 fully saturated rings. The van der Waals surface area contributed by atoms with Crippen molar-refractivity contribution in [2.75, 3.05) is 0 Å². The van der Waals surface area contributed by atoms with E-state index in [4.69, 9.17) is 4.42 Å². The Hall–Kier alpha value is -6.57. The van der Waals surface area contributed by atoms with Crippen molar-refractivity contribution in [3.63, 3.8) is 0 Å². The number of benzene rings is 7. The fraction of sp³-hybridized carbons (Fsp3) is 0. The maximum Gasteiger partial charge on any atom is 0.160 e. The summed E-state index contributed by atoms with van der Waals surface area (Å²) in [5.74, 6) is 0. The molecule has 0 unspecified atom stereocenters. The first-order chi connectivity index (χ1) is 23.3. The number of fused-ring (bicyclic) bond motifs is 10. The molecule has 10 rings (SSSR count). The van der Waals surface area contributed by atoms with Crippen molar-refractivity contribution in [1.29, 1.82) is 5.26 Å². The molecule has 10 aromatic rings. The van der Waals surface area contributed by atoms with Crippen molar-refractivity contribution >= 4 is 65.6 Å². The summed E-state index contributed by atoms with van der Waals surface area (Å²) in [4.78, 5) is 0. The van der Waals surface area contributed by atoms with Crippen molar-refractivity contribution in [1.82, 2.24) is 9.13 Å². The zero-order chi connectivity index (χ0) is 31.1. The van der Waals surface area contributed by atoms with Crippen molar-refractivity contribution < 1.29 is 4.42 Å². The molecule has 0 amide bonds. The first kappa shape index (κ1) is 25.7. The Labute approximate surface area is 269 Å². The van der Waals surface area contributed by atoms with Gasteiger partial charge < -0.3 is 13.6 Å². The topological polar surface area (TPSA) is 46.8 Å². The summed E-state index contributed by atoms with van der Waals surface area (Å²) in [5.41, 5.74) is 10.5. The molecular weight excluding hydrogens is 574 g/mol. The van der Waals surface area contributed by atoms with E-state index in [0.29, 0.717) is 5.56 Å². The molecule has 0 saturated heterocycles. The van der Waals surface area contributed by atoms with Crippen LogP contribution in [-0.4, -0.2) is 9.13 Å². The van der Waals surface area contributed by atoms with Crippen LogP contribution in [0.25, 0.3) is 88.1 Å². The van der Waals surface area contributed by atoms with Crippen LogP contribution in [0, 0.1) is 11.3 Å². The minimum Gasteiger partial charge on any atom is -0.454 e. The molecule has 0 saturated carbocycles. The van der Waals surface area contributed by atoms with E-state index in [1.54, 1.807) is 0 Å². The highest BCUT2D eigenvalue weighted by Crippen LogP contribution is 2.44. The van der Waals surface area contributed by atoms with Crippen molar-refractivity contribution in [3.8, 4) is 28.6 Å². The molecule has 0 bridgehead atoms. The Bertz CT molecular complexity index is 2880. The zero-order valence-corrected chi connectivity index (χ0v) is 25.2. The summed E-state index contributed by atoms with van der Waals surface area (Å²) in [6, 6.07) is 55.2. The monoisotopic (exact) mass is 599 g/mol. The van der Waals surface area contributed by atoms with Gasteiger partial charge in [-0.1, -0.05) is 109 Å². The lowest BCUT2D eigenvalue weighted by Gasteiger charge is -2.19. The largest absolute Gasteiger partial charge is 0.454 e. The lowest BCUT2D eigenvalue weighted by molar-refractivity contribution is 0.671. The van der Waals surface area contributed by atoms with Crippen LogP contribution in [0.4, 0.5) is 0 Å². The molecule has 0 N–H and O–H groups in total. The van der Waals surface area contributed by atoms with Gasteiger partial charge in [0.05, 0.1) is 39.0 Å². The Morgan fingerprint density at radius 2 is 1.00 bits per heavy atom. The predicted octanol–water partition coefficient (Wildman–Crippen LogP) is 11.3. The first-order valence-corrected chi connectivity index (χ1v) is 15.8. The smallest absolute Gasteiger partial charge is 0.160 e. The number of para-hydroxylation sites is 6. The van der Waals surface area contributed by atoms with Gasteiger partial charge in [0.15, 0.2) is 5.58 Å². The average molecular weight is 600 g/mol. The number of furan rings is 1. The van der Waals surface area contributed by atoms with Crippen LogP contribution in [-0.2, 0) is 0 Å².